The third-order valence-electron chi connectivity index (χ3n) is 4.89. The van der Waals surface area contributed by atoms with E-state index in [0.29, 0.717) is 25.3 Å². The van der Waals surface area contributed by atoms with Gasteiger partial charge in [-0.3, -0.25) is 9.48 Å². The van der Waals surface area contributed by atoms with E-state index in [9.17, 15) is 4.79 Å². The number of hydrogen-bond donors (Lipinski definition) is 1. The fourth-order valence-corrected chi connectivity index (χ4v) is 3.13. The Morgan fingerprint density at radius 2 is 1.93 bits per heavy atom. The van der Waals surface area contributed by atoms with Crippen molar-refractivity contribution in [2.75, 3.05) is 0 Å². The predicted octanol–water partition coefficient (Wildman–Crippen LogP) is 3.78. The van der Waals surface area contributed by atoms with E-state index in [0.717, 1.165) is 33.8 Å². The van der Waals surface area contributed by atoms with Gasteiger partial charge in [-0.1, -0.05) is 24.3 Å². The molecule has 0 fully saturated rings. The van der Waals surface area contributed by atoms with Gasteiger partial charge in [0.25, 0.3) is 0 Å². The number of carbonyl (C=O) groups excluding carboxylic acids is 1. The van der Waals surface area contributed by atoms with Crippen molar-refractivity contribution in [3.8, 4) is 11.6 Å². The van der Waals surface area contributed by atoms with Gasteiger partial charge in [-0.25, -0.2) is 4.98 Å². The molecule has 0 aliphatic rings. The second-order valence-electron chi connectivity index (χ2n) is 6.88. The monoisotopic (exact) mass is 378 g/mol. The summed E-state index contributed by atoms with van der Waals surface area (Å²) in [5, 5.41) is 7.37. The molecular weight excluding hydrogens is 352 g/mol. The molecule has 0 aliphatic carbocycles. The second kappa shape index (κ2) is 8.69. The van der Waals surface area contributed by atoms with Crippen molar-refractivity contribution < 1.29 is 9.53 Å². The molecule has 1 N–H and O–H groups in total. The van der Waals surface area contributed by atoms with Gasteiger partial charge >= 0.3 is 0 Å². The van der Waals surface area contributed by atoms with E-state index in [1.54, 1.807) is 6.20 Å². The van der Waals surface area contributed by atoms with Crippen LogP contribution in [0.4, 0.5) is 0 Å². The fourth-order valence-electron chi connectivity index (χ4n) is 3.13. The Morgan fingerprint density at radius 3 is 2.64 bits per heavy atom. The molecule has 6 nitrogen and oxygen atoms in total. The van der Waals surface area contributed by atoms with Gasteiger partial charge in [0.1, 0.15) is 5.75 Å². The molecule has 0 saturated heterocycles. The van der Waals surface area contributed by atoms with E-state index in [2.05, 4.69) is 15.4 Å². The maximum absolute atomic E-state index is 12.3. The summed E-state index contributed by atoms with van der Waals surface area (Å²) in [6, 6.07) is 11.5. The summed E-state index contributed by atoms with van der Waals surface area (Å²) in [5.41, 5.74) is 5.10. The third kappa shape index (κ3) is 4.57. The highest BCUT2D eigenvalue weighted by Crippen LogP contribution is 2.25. The van der Waals surface area contributed by atoms with E-state index in [1.807, 2.05) is 68.9 Å². The normalized spacial score (nSPS) is 10.7. The first-order valence-electron chi connectivity index (χ1n) is 9.39. The molecule has 0 radical (unpaired) electrons. The zero-order valence-corrected chi connectivity index (χ0v) is 16.8. The topological polar surface area (TPSA) is 69.0 Å². The van der Waals surface area contributed by atoms with Crippen LogP contribution in [-0.2, 0) is 24.8 Å². The highest BCUT2D eigenvalue weighted by atomic mass is 16.5. The Hall–Kier alpha value is -3.15. The number of carbonyl (C=O) groups is 1. The standard InChI is InChI=1S/C22H26N4O2/c1-15-8-5-6-10-20(15)28-22-18(9-7-13-23-22)14-24-21(27)12-11-19-16(2)25-26(4)17(19)3/h5-10,13H,11-12,14H2,1-4H3,(H,24,27). The molecule has 0 saturated carbocycles. The van der Waals surface area contributed by atoms with Gasteiger partial charge in [0.05, 0.1) is 5.69 Å². The average molecular weight is 378 g/mol. The molecule has 2 heterocycles. The molecule has 0 spiro atoms. The minimum atomic E-state index is -0.00616. The molecule has 1 amide bonds. The van der Waals surface area contributed by atoms with Crippen LogP contribution in [0.15, 0.2) is 42.6 Å². The van der Waals surface area contributed by atoms with Crippen LogP contribution >= 0.6 is 0 Å². The van der Waals surface area contributed by atoms with Gasteiger partial charge in [0.15, 0.2) is 0 Å². The van der Waals surface area contributed by atoms with Gasteiger partial charge in [-0.2, -0.15) is 5.10 Å². The van der Waals surface area contributed by atoms with Crippen LogP contribution in [0.2, 0.25) is 0 Å². The lowest BCUT2D eigenvalue weighted by atomic mass is 10.1. The number of para-hydroxylation sites is 1. The smallest absolute Gasteiger partial charge is 0.224 e. The van der Waals surface area contributed by atoms with E-state index in [1.165, 1.54) is 0 Å². The summed E-state index contributed by atoms with van der Waals surface area (Å²) in [7, 11) is 1.92. The quantitative estimate of drug-likeness (QED) is 0.679. The summed E-state index contributed by atoms with van der Waals surface area (Å²) in [6.45, 7) is 6.37. The molecule has 3 rings (SSSR count). The summed E-state index contributed by atoms with van der Waals surface area (Å²) < 4.78 is 7.82. The summed E-state index contributed by atoms with van der Waals surface area (Å²) in [6.07, 6.45) is 2.78. The van der Waals surface area contributed by atoms with E-state index < -0.39 is 0 Å². The van der Waals surface area contributed by atoms with Crippen molar-refractivity contribution in [2.24, 2.45) is 7.05 Å². The number of amides is 1. The van der Waals surface area contributed by atoms with Crippen molar-refractivity contribution in [2.45, 2.75) is 40.2 Å². The Labute approximate surface area is 165 Å². The predicted molar refractivity (Wildman–Crippen MR) is 108 cm³/mol. The summed E-state index contributed by atoms with van der Waals surface area (Å²) >= 11 is 0. The van der Waals surface area contributed by atoms with E-state index >= 15 is 0 Å². The number of rotatable bonds is 7. The molecule has 2 aromatic heterocycles. The lowest BCUT2D eigenvalue weighted by molar-refractivity contribution is -0.121. The number of pyridine rings is 1. The van der Waals surface area contributed by atoms with Crippen LogP contribution in [0.25, 0.3) is 0 Å². The molecule has 28 heavy (non-hydrogen) atoms. The lowest BCUT2D eigenvalue weighted by Crippen LogP contribution is -2.23. The van der Waals surface area contributed by atoms with Gasteiger partial charge in [0.2, 0.25) is 11.8 Å². The Kier molecular flexibility index (Phi) is 6.09. The van der Waals surface area contributed by atoms with Crippen LogP contribution in [0.1, 0.15) is 34.5 Å². The van der Waals surface area contributed by atoms with Gasteiger partial charge < -0.3 is 10.1 Å². The van der Waals surface area contributed by atoms with Crippen LogP contribution in [0.3, 0.4) is 0 Å². The number of ether oxygens (including phenoxy) is 1. The molecule has 0 atom stereocenters. The molecule has 6 heteroatoms. The number of benzene rings is 1. The van der Waals surface area contributed by atoms with Crippen molar-refractivity contribution in [1.29, 1.82) is 0 Å². The Bertz CT molecular complexity index is 978. The first kappa shape index (κ1) is 19.6. The number of hydrogen-bond acceptors (Lipinski definition) is 4. The highest BCUT2D eigenvalue weighted by Gasteiger charge is 2.13. The molecule has 0 unspecified atom stereocenters. The minimum Gasteiger partial charge on any atom is -0.438 e. The summed E-state index contributed by atoms with van der Waals surface area (Å²) in [4.78, 5) is 16.7. The number of nitrogens with zero attached hydrogens (tertiary/aromatic N) is 3. The van der Waals surface area contributed by atoms with Crippen molar-refractivity contribution in [3.05, 3.63) is 70.7 Å². The van der Waals surface area contributed by atoms with Gasteiger partial charge in [0, 0.05) is 37.5 Å². The molecule has 0 bridgehead atoms. The molecule has 146 valence electrons. The number of nitrogens with one attached hydrogen (secondary N) is 1. The Morgan fingerprint density at radius 1 is 1.14 bits per heavy atom. The molecule has 3 aromatic rings. The second-order valence-corrected chi connectivity index (χ2v) is 6.88. The average Bonchev–Trinajstić information content (AvgIpc) is 2.92. The van der Waals surface area contributed by atoms with Crippen molar-refractivity contribution in [3.63, 3.8) is 0 Å². The lowest BCUT2D eigenvalue weighted by Gasteiger charge is -2.12. The zero-order valence-electron chi connectivity index (χ0n) is 16.8. The SMILES string of the molecule is Cc1ccccc1Oc1ncccc1CNC(=O)CCc1c(C)nn(C)c1C. The maximum Gasteiger partial charge on any atom is 0.224 e. The van der Waals surface area contributed by atoms with Crippen molar-refractivity contribution in [1.82, 2.24) is 20.1 Å². The van der Waals surface area contributed by atoms with Crippen LogP contribution < -0.4 is 10.1 Å². The molecular formula is C22H26N4O2. The van der Waals surface area contributed by atoms with Crippen LogP contribution in [-0.4, -0.2) is 20.7 Å². The maximum atomic E-state index is 12.3. The van der Waals surface area contributed by atoms with E-state index in [4.69, 9.17) is 4.74 Å². The largest absolute Gasteiger partial charge is 0.438 e. The van der Waals surface area contributed by atoms with Crippen molar-refractivity contribution >= 4 is 5.91 Å². The van der Waals surface area contributed by atoms with Crippen LogP contribution in [0, 0.1) is 20.8 Å². The van der Waals surface area contributed by atoms with E-state index in [-0.39, 0.29) is 5.91 Å². The number of aryl methyl sites for hydroxylation is 3. The highest BCUT2D eigenvalue weighted by molar-refractivity contribution is 5.76. The van der Waals surface area contributed by atoms with Gasteiger partial charge in [-0.05, 0) is 50.5 Å². The first-order valence-corrected chi connectivity index (χ1v) is 9.39. The third-order valence-corrected chi connectivity index (χ3v) is 4.89. The number of aromatic nitrogens is 3. The Balaban J connectivity index is 1.60. The van der Waals surface area contributed by atoms with Crippen LogP contribution in [0.5, 0.6) is 11.6 Å². The van der Waals surface area contributed by atoms with Gasteiger partial charge in [-0.15, -0.1) is 0 Å². The zero-order chi connectivity index (χ0) is 20.1. The molecule has 1 aromatic carbocycles. The minimum absolute atomic E-state index is 0.00616. The fraction of sp³-hybridized carbons (Fsp3) is 0.318. The molecule has 0 aliphatic heterocycles. The first-order chi connectivity index (χ1) is 13.5. The summed E-state index contributed by atoms with van der Waals surface area (Å²) in [5.74, 6) is 1.26.